The van der Waals surface area contributed by atoms with E-state index in [-0.39, 0.29) is 11.9 Å². The highest BCUT2D eigenvalue weighted by Crippen LogP contribution is 2.02. The van der Waals surface area contributed by atoms with Crippen LogP contribution in [0.2, 0.25) is 0 Å². The standard InChI is InChI=1S/C11H19N3O3/c1-8(5-6-12)14(3)7-10(11(16)17-4)13-9(2)15/h8,10H,5,7H2,1-4H3,(H,13,15). The number of carbonyl (C=O) groups is 2. The van der Waals surface area contributed by atoms with E-state index < -0.39 is 12.0 Å². The summed E-state index contributed by atoms with van der Waals surface area (Å²) in [5.41, 5.74) is 0. The van der Waals surface area contributed by atoms with Crippen LogP contribution in [-0.2, 0) is 14.3 Å². The Labute approximate surface area is 102 Å². The van der Waals surface area contributed by atoms with Gasteiger partial charge >= 0.3 is 5.97 Å². The zero-order chi connectivity index (χ0) is 13.4. The summed E-state index contributed by atoms with van der Waals surface area (Å²) < 4.78 is 4.61. The molecule has 6 nitrogen and oxygen atoms in total. The number of nitrogens with one attached hydrogen (secondary N) is 1. The monoisotopic (exact) mass is 241 g/mol. The number of amides is 1. The van der Waals surface area contributed by atoms with Gasteiger partial charge in [-0.05, 0) is 14.0 Å². The SMILES string of the molecule is COC(=O)C(CN(C)C(C)CC#N)NC(C)=O. The first-order chi connectivity index (χ1) is 7.92. The van der Waals surface area contributed by atoms with Gasteiger partial charge in [0, 0.05) is 19.5 Å². The first-order valence-corrected chi connectivity index (χ1v) is 5.34. The third kappa shape index (κ3) is 5.88. The van der Waals surface area contributed by atoms with Crippen molar-refractivity contribution < 1.29 is 14.3 Å². The summed E-state index contributed by atoms with van der Waals surface area (Å²) >= 11 is 0. The zero-order valence-electron chi connectivity index (χ0n) is 10.7. The molecule has 0 aliphatic rings. The first-order valence-electron chi connectivity index (χ1n) is 5.34. The molecule has 0 heterocycles. The summed E-state index contributed by atoms with van der Waals surface area (Å²) in [6.07, 6.45) is 0.366. The van der Waals surface area contributed by atoms with Crippen molar-refractivity contribution in [3.8, 4) is 6.07 Å². The lowest BCUT2D eigenvalue weighted by Gasteiger charge is -2.26. The smallest absolute Gasteiger partial charge is 0.329 e. The summed E-state index contributed by atoms with van der Waals surface area (Å²) in [5, 5.41) is 11.1. The minimum absolute atomic E-state index is 0.0147. The van der Waals surface area contributed by atoms with Crippen molar-refractivity contribution in [3.05, 3.63) is 0 Å². The molecule has 0 radical (unpaired) electrons. The number of rotatable bonds is 6. The van der Waals surface area contributed by atoms with Crippen LogP contribution in [0.5, 0.6) is 0 Å². The van der Waals surface area contributed by atoms with Crippen molar-refractivity contribution in [2.45, 2.75) is 32.4 Å². The van der Waals surface area contributed by atoms with Gasteiger partial charge in [0.2, 0.25) is 5.91 Å². The number of methoxy groups -OCH3 is 1. The van der Waals surface area contributed by atoms with Gasteiger partial charge in [-0.2, -0.15) is 5.26 Å². The van der Waals surface area contributed by atoms with Gasteiger partial charge in [0.1, 0.15) is 6.04 Å². The lowest BCUT2D eigenvalue weighted by Crippen LogP contribution is -2.49. The van der Waals surface area contributed by atoms with E-state index in [1.165, 1.54) is 14.0 Å². The van der Waals surface area contributed by atoms with Gasteiger partial charge in [0.05, 0.1) is 19.6 Å². The molecule has 6 heteroatoms. The number of carbonyl (C=O) groups excluding carboxylic acids is 2. The number of nitrogens with zero attached hydrogens (tertiary/aromatic N) is 2. The lowest BCUT2D eigenvalue weighted by atomic mass is 10.2. The average molecular weight is 241 g/mol. The normalized spacial score (nSPS) is 13.6. The van der Waals surface area contributed by atoms with Crippen LogP contribution in [-0.4, -0.2) is 49.6 Å². The number of ether oxygens (including phenoxy) is 1. The van der Waals surface area contributed by atoms with Crippen molar-refractivity contribution >= 4 is 11.9 Å². The van der Waals surface area contributed by atoms with Crippen molar-refractivity contribution in [2.24, 2.45) is 0 Å². The highest BCUT2D eigenvalue weighted by atomic mass is 16.5. The molecule has 0 aromatic heterocycles. The van der Waals surface area contributed by atoms with E-state index in [4.69, 9.17) is 5.26 Å². The van der Waals surface area contributed by atoms with E-state index in [2.05, 4.69) is 16.1 Å². The van der Waals surface area contributed by atoms with E-state index in [0.29, 0.717) is 13.0 Å². The van der Waals surface area contributed by atoms with Gasteiger partial charge in [-0.25, -0.2) is 4.79 Å². The Balaban J connectivity index is 4.47. The fourth-order valence-corrected chi connectivity index (χ4v) is 1.32. The number of hydrogen-bond acceptors (Lipinski definition) is 5. The average Bonchev–Trinajstić information content (AvgIpc) is 2.26. The molecule has 17 heavy (non-hydrogen) atoms. The van der Waals surface area contributed by atoms with Crippen molar-refractivity contribution in [1.29, 1.82) is 5.26 Å². The molecule has 0 aromatic rings. The van der Waals surface area contributed by atoms with E-state index in [1.807, 2.05) is 11.8 Å². The molecule has 0 fully saturated rings. The Hall–Kier alpha value is -1.61. The largest absolute Gasteiger partial charge is 0.467 e. The van der Waals surface area contributed by atoms with Gasteiger partial charge in [-0.15, -0.1) is 0 Å². The Kier molecular flexibility index (Phi) is 6.91. The van der Waals surface area contributed by atoms with Crippen LogP contribution in [0.4, 0.5) is 0 Å². The molecule has 0 rings (SSSR count). The molecule has 2 unspecified atom stereocenters. The fourth-order valence-electron chi connectivity index (χ4n) is 1.32. The second-order valence-electron chi connectivity index (χ2n) is 3.93. The molecule has 1 N–H and O–H groups in total. The summed E-state index contributed by atoms with van der Waals surface area (Å²) in [6, 6.07) is 1.37. The van der Waals surface area contributed by atoms with Crippen LogP contribution in [0.3, 0.4) is 0 Å². The lowest BCUT2D eigenvalue weighted by molar-refractivity contribution is -0.145. The van der Waals surface area contributed by atoms with Crippen LogP contribution in [0.25, 0.3) is 0 Å². The molecule has 0 saturated heterocycles. The van der Waals surface area contributed by atoms with Gasteiger partial charge < -0.3 is 15.0 Å². The molecule has 0 aliphatic heterocycles. The van der Waals surface area contributed by atoms with E-state index >= 15 is 0 Å². The summed E-state index contributed by atoms with van der Waals surface area (Å²) in [7, 11) is 3.07. The fraction of sp³-hybridized carbons (Fsp3) is 0.727. The predicted molar refractivity (Wildman–Crippen MR) is 61.9 cm³/mol. The third-order valence-corrected chi connectivity index (χ3v) is 2.47. The van der Waals surface area contributed by atoms with Crippen LogP contribution in [0.15, 0.2) is 0 Å². The van der Waals surface area contributed by atoms with Gasteiger partial charge in [-0.1, -0.05) is 0 Å². The second kappa shape index (κ2) is 7.63. The summed E-state index contributed by atoms with van der Waals surface area (Å²) in [6.45, 7) is 3.54. The van der Waals surface area contributed by atoms with E-state index in [9.17, 15) is 9.59 Å². The quantitative estimate of drug-likeness (QED) is 0.656. The topological polar surface area (TPSA) is 82.4 Å². The number of hydrogen-bond donors (Lipinski definition) is 1. The van der Waals surface area contributed by atoms with Crippen LogP contribution in [0, 0.1) is 11.3 Å². The summed E-state index contributed by atoms with van der Waals surface area (Å²) in [5.74, 6) is -0.780. The number of likely N-dealkylation sites (N-methyl/N-ethyl adjacent to an activating group) is 1. The van der Waals surface area contributed by atoms with E-state index in [0.717, 1.165) is 0 Å². The molecule has 0 saturated carbocycles. The molecule has 2 atom stereocenters. The maximum absolute atomic E-state index is 11.4. The summed E-state index contributed by atoms with van der Waals surface area (Å²) in [4.78, 5) is 24.2. The molecular weight excluding hydrogens is 222 g/mol. The van der Waals surface area contributed by atoms with Crippen molar-refractivity contribution in [1.82, 2.24) is 10.2 Å². The molecule has 0 aromatic carbocycles. The number of esters is 1. The second-order valence-corrected chi connectivity index (χ2v) is 3.93. The third-order valence-electron chi connectivity index (χ3n) is 2.47. The van der Waals surface area contributed by atoms with E-state index in [1.54, 1.807) is 7.05 Å². The molecule has 1 amide bonds. The van der Waals surface area contributed by atoms with Crippen LogP contribution < -0.4 is 5.32 Å². The minimum atomic E-state index is -0.705. The maximum Gasteiger partial charge on any atom is 0.329 e. The molecular formula is C11H19N3O3. The van der Waals surface area contributed by atoms with Crippen LogP contribution >= 0.6 is 0 Å². The van der Waals surface area contributed by atoms with Gasteiger partial charge in [0.15, 0.2) is 0 Å². The molecule has 0 spiro atoms. The van der Waals surface area contributed by atoms with Gasteiger partial charge in [-0.3, -0.25) is 4.79 Å². The maximum atomic E-state index is 11.4. The Morgan fingerprint density at radius 2 is 2.12 bits per heavy atom. The predicted octanol–water partition coefficient (Wildman–Crippen LogP) is -0.102. The minimum Gasteiger partial charge on any atom is -0.467 e. The van der Waals surface area contributed by atoms with Gasteiger partial charge in [0.25, 0.3) is 0 Å². The molecule has 0 aliphatic carbocycles. The van der Waals surface area contributed by atoms with Crippen molar-refractivity contribution in [3.63, 3.8) is 0 Å². The highest BCUT2D eigenvalue weighted by molar-refractivity contribution is 5.83. The highest BCUT2D eigenvalue weighted by Gasteiger charge is 2.23. The molecule has 96 valence electrons. The van der Waals surface area contributed by atoms with Crippen molar-refractivity contribution in [2.75, 3.05) is 20.7 Å². The Morgan fingerprint density at radius 1 is 1.53 bits per heavy atom. The zero-order valence-corrected chi connectivity index (χ0v) is 10.7. The Bertz CT molecular complexity index is 312. The Morgan fingerprint density at radius 3 is 2.53 bits per heavy atom. The first kappa shape index (κ1) is 15.4. The number of nitriles is 1. The van der Waals surface area contributed by atoms with Crippen LogP contribution in [0.1, 0.15) is 20.3 Å². The molecule has 0 bridgehead atoms.